The number of fused-ring (bicyclic) bond motifs is 1. The molecule has 178 valence electrons. The van der Waals surface area contributed by atoms with Gasteiger partial charge in [-0.15, -0.1) is 0 Å². The molecule has 4 heterocycles. The van der Waals surface area contributed by atoms with E-state index in [1.807, 2.05) is 18.1 Å². The highest BCUT2D eigenvalue weighted by Crippen LogP contribution is 2.41. The van der Waals surface area contributed by atoms with E-state index < -0.39 is 0 Å². The Balaban J connectivity index is 1.57. The average molecular weight is 455 g/mol. The first kappa shape index (κ1) is 23.0. The lowest BCUT2D eigenvalue weighted by Gasteiger charge is -2.47. The Morgan fingerprint density at radius 2 is 2.03 bits per heavy atom. The summed E-state index contributed by atoms with van der Waals surface area (Å²) in [5, 5.41) is 10.8. The zero-order chi connectivity index (χ0) is 23.8. The number of carbonyl (C=O) groups is 2. The second kappa shape index (κ2) is 8.99. The van der Waals surface area contributed by atoms with Crippen LogP contribution in [0, 0.1) is 11.3 Å². The van der Waals surface area contributed by atoms with Crippen LogP contribution in [0.15, 0.2) is 18.9 Å². The van der Waals surface area contributed by atoms with E-state index in [-0.39, 0.29) is 23.3 Å². The third-order valence-electron chi connectivity index (χ3n) is 6.53. The summed E-state index contributed by atoms with van der Waals surface area (Å²) in [6, 6.07) is -0.0621. The van der Waals surface area contributed by atoms with Crippen molar-refractivity contribution in [2.45, 2.75) is 39.2 Å². The number of hydrogen-bond donors (Lipinski definition) is 2. The molecule has 0 aliphatic carbocycles. The molecule has 2 saturated heterocycles. The van der Waals surface area contributed by atoms with Crippen molar-refractivity contribution in [1.82, 2.24) is 30.0 Å². The topological polar surface area (TPSA) is 108 Å². The van der Waals surface area contributed by atoms with Gasteiger partial charge in [0.2, 0.25) is 17.8 Å². The standard InChI is InChI=1S/C23H34N8O2/c1-6-19(33)31-13-23(14-31)7-8-30(12-23)22-26-17-11-29(5)28-20(17)21(27-22)25-16(9-15(2)3)10-18(32)24-4/h6,11,15-16H,1,7-10,12-14H2,2-5H3,(H,24,32)(H,25,26,27). The van der Waals surface area contributed by atoms with Gasteiger partial charge in [-0.2, -0.15) is 10.1 Å². The lowest BCUT2D eigenvalue weighted by molar-refractivity contribution is -0.136. The van der Waals surface area contributed by atoms with Crippen molar-refractivity contribution >= 4 is 34.6 Å². The van der Waals surface area contributed by atoms with Gasteiger partial charge in [0.1, 0.15) is 5.52 Å². The molecule has 2 aliphatic heterocycles. The molecule has 10 heteroatoms. The molecule has 0 saturated carbocycles. The van der Waals surface area contributed by atoms with Crippen LogP contribution in [-0.4, -0.2) is 75.7 Å². The van der Waals surface area contributed by atoms with Crippen molar-refractivity contribution in [2.75, 3.05) is 43.4 Å². The molecule has 2 fully saturated rings. The van der Waals surface area contributed by atoms with E-state index in [9.17, 15) is 9.59 Å². The van der Waals surface area contributed by atoms with Crippen LogP contribution < -0.4 is 15.5 Å². The molecule has 1 atom stereocenters. The van der Waals surface area contributed by atoms with Crippen LogP contribution in [0.25, 0.3) is 11.0 Å². The summed E-state index contributed by atoms with van der Waals surface area (Å²) in [7, 11) is 3.52. The molecule has 2 N–H and O–H groups in total. The molecule has 2 amide bonds. The molecule has 0 bridgehead atoms. The number of nitrogens with one attached hydrogen (secondary N) is 2. The minimum Gasteiger partial charge on any atom is -0.365 e. The lowest BCUT2D eigenvalue weighted by Crippen LogP contribution is -2.59. The monoisotopic (exact) mass is 454 g/mol. The van der Waals surface area contributed by atoms with Crippen molar-refractivity contribution in [3.8, 4) is 0 Å². The van der Waals surface area contributed by atoms with Gasteiger partial charge >= 0.3 is 0 Å². The summed E-state index contributed by atoms with van der Waals surface area (Å²) in [5.74, 6) is 1.72. The second-order valence-corrected chi connectivity index (χ2v) is 9.83. The molecule has 2 aliphatic rings. The zero-order valence-corrected chi connectivity index (χ0v) is 20.0. The van der Waals surface area contributed by atoms with Gasteiger partial charge in [0, 0.05) is 58.2 Å². The highest BCUT2D eigenvalue weighted by Gasteiger charge is 2.49. The van der Waals surface area contributed by atoms with E-state index in [4.69, 9.17) is 9.97 Å². The Kier molecular flexibility index (Phi) is 6.27. The van der Waals surface area contributed by atoms with E-state index in [2.05, 4.69) is 41.1 Å². The van der Waals surface area contributed by atoms with Gasteiger partial charge in [0.15, 0.2) is 11.3 Å². The summed E-state index contributed by atoms with van der Waals surface area (Å²) in [4.78, 5) is 37.7. The molecule has 33 heavy (non-hydrogen) atoms. The number of carbonyl (C=O) groups excluding carboxylic acids is 2. The van der Waals surface area contributed by atoms with Crippen LogP contribution in [0.4, 0.5) is 11.8 Å². The molecular formula is C23H34N8O2. The number of nitrogens with zero attached hydrogens (tertiary/aromatic N) is 6. The van der Waals surface area contributed by atoms with Crippen LogP contribution in [0.3, 0.4) is 0 Å². The van der Waals surface area contributed by atoms with Gasteiger partial charge in [-0.25, -0.2) is 4.98 Å². The fourth-order valence-electron chi connectivity index (χ4n) is 4.95. The Morgan fingerprint density at radius 3 is 2.70 bits per heavy atom. The summed E-state index contributed by atoms with van der Waals surface area (Å²) < 4.78 is 1.74. The predicted molar refractivity (Wildman–Crippen MR) is 128 cm³/mol. The van der Waals surface area contributed by atoms with Crippen LogP contribution in [0.2, 0.25) is 0 Å². The average Bonchev–Trinajstić information content (AvgIpc) is 3.35. The lowest BCUT2D eigenvalue weighted by atomic mass is 9.79. The second-order valence-electron chi connectivity index (χ2n) is 9.83. The van der Waals surface area contributed by atoms with Crippen LogP contribution >= 0.6 is 0 Å². The zero-order valence-electron chi connectivity index (χ0n) is 20.0. The molecule has 1 spiro atoms. The van der Waals surface area contributed by atoms with Crippen LogP contribution in [-0.2, 0) is 16.6 Å². The first-order valence-corrected chi connectivity index (χ1v) is 11.6. The van der Waals surface area contributed by atoms with Gasteiger partial charge in [-0.1, -0.05) is 20.4 Å². The largest absolute Gasteiger partial charge is 0.365 e. The van der Waals surface area contributed by atoms with Crippen molar-refractivity contribution < 1.29 is 9.59 Å². The molecular weight excluding hydrogens is 420 g/mol. The smallest absolute Gasteiger partial charge is 0.245 e. The normalized spacial score (nSPS) is 18.0. The van der Waals surface area contributed by atoms with E-state index in [0.717, 1.165) is 44.5 Å². The summed E-state index contributed by atoms with van der Waals surface area (Å²) >= 11 is 0. The number of likely N-dealkylation sites (tertiary alicyclic amines) is 1. The summed E-state index contributed by atoms with van der Waals surface area (Å²) in [6.45, 7) is 11.0. The van der Waals surface area contributed by atoms with E-state index in [1.54, 1.807) is 11.7 Å². The minimum atomic E-state index is -0.0621. The number of aromatic nitrogens is 4. The van der Waals surface area contributed by atoms with Crippen molar-refractivity contribution in [3.05, 3.63) is 18.9 Å². The first-order valence-electron chi connectivity index (χ1n) is 11.6. The Hall–Kier alpha value is -3.17. The molecule has 2 aromatic heterocycles. The molecule has 10 nitrogen and oxygen atoms in total. The van der Waals surface area contributed by atoms with Gasteiger partial charge in [-0.05, 0) is 24.8 Å². The molecule has 0 radical (unpaired) electrons. The molecule has 4 rings (SSSR count). The van der Waals surface area contributed by atoms with Crippen LogP contribution in [0.1, 0.15) is 33.1 Å². The summed E-state index contributed by atoms with van der Waals surface area (Å²) in [6.07, 6.45) is 5.46. The van der Waals surface area contributed by atoms with Crippen molar-refractivity contribution in [1.29, 1.82) is 0 Å². The maximum atomic E-state index is 12.1. The Morgan fingerprint density at radius 1 is 1.27 bits per heavy atom. The van der Waals surface area contributed by atoms with Crippen molar-refractivity contribution in [3.63, 3.8) is 0 Å². The van der Waals surface area contributed by atoms with E-state index in [1.165, 1.54) is 6.08 Å². The van der Waals surface area contributed by atoms with E-state index >= 15 is 0 Å². The number of amides is 2. The van der Waals surface area contributed by atoms with Gasteiger partial charge in [0.25, 0.3) is 0 Å². The Labute approximate surface area is 194 Å². The van der Waals surface area contributed by atoms with Gasteiger partial charge in [-0.3, -0.25) is 14.3 Å². The maximum absolute atomic E-state index is 12.1. The molecule has 1 unspecified atom stereocenters. The molecule has 0 aromatic carbocycles. The number of hydrogen-bond acceptors (Lipinski definition) is 7. The first-order chi connectivity index (χ1) is 15.7. The van der Waals surface area contributed by atoms with E-state index in [0.29, 0.717) is 29.6 Å². The highest BCUT2D eigenvalue weighted by atomic mass is 16.2. The third kappa shape index (κ3) is 4.79. The molecule has 2 aromatic rings. The Bertz CT molecular complexity index is 1060. The number of anilines is 2. The minimum absolute atomic E-state index is 0.00842. The fraction of sp³-hybridized carbons (Fsp3) is 0.609. The predicted octanol–water partition coefficient (Wildman–Crippen LogP) is 1.55. The third-order valence-corrected chi connectivity index (χ3v) is 6.53. The quantitative estimate of drug-likeness (QED) is 0.583. The fourth-order valence-corrected chi connectivity index (χ4v) is 4.95. The maximum Gasteiger partial charge on any atom is 0.245 e. The van der Waals surface area contributed by atoms with Crippen molar-refractivity contribution in [2.24, 2.45) is 18.4 Å². The van der Waals surface area contributed by atoms with Gasteiger partial charge < -0.3 is 20.4 Å². The van der Waals surface area contributed by atoms with Crippen LogP contribution in [0.5, 0.6) is 0 Å². The van der Waals surface area contributed by atoms with Gasteiger partial charge in [0.05, 0.1) is 6.20 Å². The number of rotatable bonds is 8. The summed E-state index contributed by atoms with van der Waals surface area (Å²) in [5.41, 5.74) is 1.57. The SMILES string of the molecule is C=CC(=O)N1CC2(CCN(c3nc(NC(CC(=O)NC)CC(C)C)c4nn(C)cc4n3)C2)C1. The highest BCUT2D eigenvalue weighted by molar-refractivity contribution is 5.88. The number of aryl methyl sites for hydroxylation is 1.